The van der Waals surface area contributed by atoms with Crippen molar-refractivity contribution in [2.75, 3.05) is 18.4 Å². The Morgan fingerprint density at radius 2 is 2.20 bits per heavy atom. The van der Waals surface area contributed by atoms with Crippen molar-refractivity contribution in [3.05, 3.63) is 17.0 Å². The van der Waals surface area contributed by atoms with Crippen LogP contribution in [0.2, 0.25) is 0 Å². The third kappa shape index (κ3) is 2.26. The SMILES string of the molecule is Cc1nc(NCCCN)nc2c1CCC2. The molecule has 1 aromatic heterocycles. The minimum Gasteiger partial charge on any atom is -0.354 e. The van der Waals surface area contributed by atoms with Gasteiger partial charge in [0.15, 0.2) is 0 Å². The first kappa shape index (κ1) is 10.4. The van der Waals surface area contributed by atoms with E-state index >= 15 is 0 Å². The summed E-state index contributed by atoms with van der Waals surface area (Å²) >= 11 is 0. The Morgan fingerprint density at radius 3 is 3.00 bits per heavy atom. The van der Waals surface area contributed by atoms with Gasteiger partial charge in [-0.3, -0.25) is 0 Å². The lowest BCUT2D eigenvalue weighted by Gasteiger charge is -2.08. The quantitative estimate of drug-likeness (QED) is 0.722. The molecule has 0 aliphatic heterocycles. The Kier molecular flexibility index (Phi) is 3.16. The molecule has 0 atom stereocenters. The van der Waals surface area contributed by atoms with E-state index in [1.54, 1.807) is 0 Å². The molecule has 2 rings (SSSR count). The average molecular weight is 206 g/mol. The number of aromatic nitrogens is 2. The number of nitrogens with one attached hydrogen (secondary N) is 1. The van der Waals surface area contributed by atoms with Crippen molar-refractivity contribution < 1.29 is 0 Å². The van der Waals surface area contributed by atoms with Crippen LogP contribution in [0.25, 0.3) is 0 Å². The van der Waals surface area contributed by atoms with Gasteiger partial charge in [-0.1, -0.05) is 0 Å². The summed E-state index contributed by atoms with van der Waals surface area (Å²) < 4.78 is 0. The van der Waals surface area contributed by atoms with Gasteiger partial charge in [0.2, 0.25) is 5.95 Å². The number of anilines is 1. The minimum absolute atomic E-state index is 0.705. The van der Waals surface area contributed by atoms with Gasteiger partial charge in [-0.15, -0.1) is 0 Å². The van der Waals surface area contributed by atoms with Crippen LogP contribution >= 0.6 is 0 Å². The Hall–Kier alpha value is -1.16. The summed E-state index contributed by atoms with van der Waals surface area (Å²) in [6, 6.07) is 0. The van der Waals surface area contributed by atoms with Crippen LogP contribution in [-0.2, 0) is 12.8 Å². The van der Waals surface area contributed by atoms with Crippen molar-refractivity contribution in [2.24, 2.45) is 5.73 Å². The molecule has 0 bridgehead atoms. The summed E-state index contributed by atoms with van der Waals surface area (Å²) in [5.74, 6) is 0.765. The minimum atomic E-state index is 0.705. The fraction of sp³-hybridized carbons (Fsp3) is 0.636. The van der Waals surface area contributed by atoms with Crippen LogP contribution in [0.5, 0.6) is 0 Å². The molecule has 0 fully saturated rings. The molecule has 0 radical (unpaired) electrons. The van der Waals surface area contributed by atoms with Crippen LogP contribution < -0.4 is 11.1 Å². The maximum absolute atomic E-state index is 5.43. The number of hydrogen-bond acceptors (Lipinski definition) is 4. The fourth-order valence-electron chi connectivity index (χ4n) is 2.00. The fourth-order valence-corrected chi connectivity index (χ4v) is 2.00. The van der Waals surface area contributed by atoms with Gasteiger partial charge in [-0.05, 0) is 44.7 Å². The number of aryl methyl sites for hydroxylation is 2. The van der Waals surface area contributed by atoms with Crippen LogP contribution in [0.1, 0.15) is 29.8 Å². The summed E-state index contributed by atoms with van der Waals surface area (Å²) in [6.45, 7) is 3.63. The van der Waals surface area contributed by atoms with Crippen molar-refractivity contribution in [2.45, 2.75) is 32.6 Å². The molecule has 0 saturated carbocycles. The first-order valence-corrected chi connectivity index (χ1v) is 5.61. The molecule has 0 aromatic carbocycles. The second kappa shape index (κ2) is 4.57. The molecule has 3 N–H and O–H groups in total. The lowest BCUT2D eigenvalue weighted by molar-refractivity contribution is 0.857. The smallest absolute Gasteiger partial charge is 0.223 e. The van der Waals surface area contributed by atoms with Crippen molar-refractivity contribution >= 4 is 5.95 Å². The molecule has 1 aliphatic carbocycles. The maximum Gasteiger partial charge on any atom is 0.223 e. The van der Waals surface area contributed by atoms with E-state index in [-0.39, 0.29) is 0 Å². The second-order valence-electron chi connectivity index (χ2n) is 3.98. The summed E-state index contributed by atoms with van der Waals surface area (Å²) in [5, 5.41) is 3.21. The van der Waals surface area contributed by atoms with Crippen LogP contribution in [0.4, 0.5) is 5.95 Å². The van der Waals surface area contributed by atoms with E-state index in [0.717, 1.165) is 37.4 Å². The van der Waals surface area contributed by atoms with E-state index in [1.807, 2.05) is 0 Å². The van der Waals surface area contributed by atoms with E-state index in [9.17, 15) is 0 Å². The molecule has 15 heavy (non-hydrogen) atoms. The highest BCUT2D eigenvalue weighted by Crippen LogP contribution is 2.23. The second-order valence-corrected chi connectivity index (χ2v) is 3.98. The van der Waals surface area contributed by atoms with Gasteiger partial charge in [0.05, 0.1) is 0 Å². The highest BCUT2D eigenvalue weighted by Gasteiger charge is 2.16. The Morgan fingerprint density at radius 1 is 1.33 bits per heavy atom. The predicted molar refractivity (Wildman–Crippen MR) is 61.0 cm³/mol. The van der Waals surface area contributed by atoms with E-state index in [0.29, 0.717) is 6.54 Å². The Bertz CT molecular complexity index is 349. The summed E-state index contributed by atoms with van der Waals surface area (Å²) in [7, 11) is 0. The van der Waals surface area contributed by atoms with Gasteiger partial charge in [0.1, 0.15) is 0 Å². The van der Waals surface area contributed by atoms with Crippen LogP contribution in [0.15, 0.2) is 0 Å². The van der Waals surface area contributed by atoms with Crippen molar-refractivity contribution in [3.63, 3.8) is 0 Å². The van der Waals surface area contributed by atoms with Gasteiger partial charge < -0.3 is 11.1 Å². The number of fused-ring (bicyclic) bond motifs is 1. The molecule has 4 heteroatoms. The van der Waals surface area contributed by atoms with E-state index in [1.165, 1.54) is 17.7 Å². The topological polar surface area (TPSA) is 63.8 Å². The lowest BCUT2D eigenvalue weighted by Crippen LogP contribution is -2.12. The van der Waals surface area contributed by atoms with E-state index in [2.05, 4.69) is 22.2 Å². The monoisotopic (exact) mass is 206 g/mol. The lowest BCUT2D eigenvalue weighted by atomic mass is 10.2. The van der Waals surface area contributed by atoms with Gasteiger partial charge in [0, 0.05) is 17.9 Å². The van der Waals surface area contributed by atoms with Crippen LogP contribution in [0.3, 0.4) is 0 Å². The highest BCUT2D eigenvalue weighted by atomic mass is 15.1. The van der Waals surface area contributed by atoms with Gasteiger partial charge in [-0.2, -0.15) is 0 Å². The summed E-state index contributed by atoms with van der Waals surface area (Å²) in [6.07, 6.45) is 4.42. The molecular formula is C11H18N4. The third-order valence-corrected chi connectivity index (χ3v) is 2.80. The zero-order valence-corrected chi connectivity index (χ0v) is 9.21. The average Bonchev–Trinajstić information content (AvgIpc) is 2.66. The molecule has 1 aromatic rings. The van der Waals surface area contributed by atoms with Crippen LogP contribution in [-0.4, -0.2) is 23.1 Å². The zero-order valence-electron chi connectivity index (χ0n) is 9.21. The standard InChI is InChI=1S/C11H18N4/c1-8-9-4-2-5-10(9)15-11(14-8)13-7-3-6-12/h2-7,12H2,1H3,(H,13,14,15). The molecule has 1 aliphatic rings. The summed E-state index contributed by atoms with van der Waals surface area (Å²) in [5.41, 5.74) is 9.16. The Labute approximate surface area is 90.3 Å². The molecule has 0 unspecified atom stereocenters. The largest absolute Gasteiger partial charge is 0.354 e. The molecule has 0 spiro atoms. The molecular weight excluding hydrogens is 188 g/mol. The third-order valence-electron chi connectivity index (χ3n) is 2.80. The molecule has 1 heterocycles. The first-order chi connectivity index (χ1) is 7.31. The van der Waals surface area contributed by atoms with E-state index < -0.39 is 0 Å². The highest BCUT2D eigenvalue weighted by molar-refractivity contribution is 5.36. The first-order valence-electron chi connectivity index (χ1n) is 5.61. The number of nitrogens with two attached hydrogens (primary N) is 1. The van der Waals surface area contributed by atoms with E-state index in [4.69, 9.17) is 5.73 Å². The predicted octanol–water partition coefficient (Wildman–Crippen LogP) is 1.03. The van der Waals surface area contributed by atoms with Crippen molar-refractivity contribution in [3.8, 4) is 0 Å². The normalized spacial score (nSPS) is 14.0. The van der Waals surface area contributed by atoms with Crippen molar-refractivity contribution in [1.82, 2.24) is 9.97 Å². The number of rotatable bonds is 4. The Balaban J connectivity index is 2.09. The maximum atomic E-state index is 5.43. The molecule has 4 nitrogen and oxygen atoms in total. The molecule has 0 saturated heterocycles. The van der Waals surface area contributed by atoms with Gasteiger partial charge >= 0.3 is 0 Å². The molecule has 82 valence electrons. The molecule has 0 amide bonds. The van der Waals surface area contributed by atoms with Gasteiger partial charge in [0.25, 0.3) is 0 Å². The van der Waals surface area contributed by atoms with Crippen LogP contribution in [0, 0.1) is 6.92 Å². The number of nitrogens with zero attached hydrogens (tertiary/aromatic N) is 2. The zero-order chi connectivity index (χ0) is 10.7. The van der Waals surface area contributed by atoms with Crippen molar-refractivity contribution in [1.29, 1.82) is 0 Å². The van der Waals surface area contributed by atoms with Gasteiger partial charge in [-0.25, -0.2) is 9.97 Å². The summed E-state index contributed by atoms with van der Waals surface area (Å²) in [4.78, 5) is 8.98. The number of hydrogen-bond donors (Lipinski definition) is 2.